The van der Waals surface area contributed by atoms with Crippen molar-refractivity contribution in [2.45, 2.75) is 83.7 Å². The maximum absolute atomic E-state index is 11.0. The smallest absolute Gasteiger partial charge is 0.305 e. The number of allylic oxidation sites excluding steroid dienone is 1. The number of aliphatic hydroxyl groups excluding tert-OH is 1. The summed E-state index contributed by atoms with van der Waals surface area (Å²) in [7, 11) is 1.45. The highest BCUT2D eigenvalue weighted by molar-refractivity contribution is 5.68. The number of carbonyl (C=O) groups is 1. The van der Waals surface area contributed by atoms with Crippen LogP contribution in [0.3, 0.4) is 0 Å². The monoisotopic (exact) mass is 334 g/mol. The molecular weight excluding hydrogens is 300 g/mol. The zero-order valence-corrected chi connectivity index (χ0v) is 15.4. The SMILES string of the molecule is CCCCCC(O)/C=C/C#CCCC1CC1CCCCC(=O)OC. The van der Waals surface area contributed by atoms with Crippen LogP contribution in [-0.4, -0.2) is 24.3 Å². The summed E-state index contributed by atoms with van der Waals surface area (Å²) in [5, 5.41) is 9.73. The van der Waals surface area contributed by atoms with Crippen molar-refractivity contribution in [2.75, 3.05) is 7.11 Å². The first-order chi connectivity index (χ1) is 11.7. The molecule has 3 atom stereocenters. The number of hydrogen-bond acceptors (Lipinski definition) is 3. The van der Waals surface area contributed by atoms with Crippen LogP contribution in [0.2, 0.25) is 0 Å². The largest absolute Gasteiger partial charge is 0.469 e. The molecule has 136 valence electrons. The van der Waals surface area contributed by atoms with E-state index < -0.39 is 0 Å². The van der Waals surface area contributed by atoms with E-state index in [0.717, 1.165) is 43.9 Å². The molecular formula is C21H34O3. The van der Waals surface area contributed by atoms with Crippen molar-refractivity contribution in [1.82, 2.24) is 0 Å². The number of hydrogen-bond donors (Lipinski definition) is 1. The van der Waals surface area contributed by atoms with Gasteiger partial charge in [0.25, 0.3) is 0 Å². The van der Waals surface area contributed by atoms with Crippen LogP contribution in [0.4, 0.5) is 0 Å². The average Bonchev–Trinajstić information content (AvgIpc) is 3.33. The predicted molar refractivity (Wildman–Crippen MR) is 98.4 cm³/mol. The lowest BCUT2D eigenvalue weighted by Gasteiger charge is -2.02. The summed E-state index contributed by atoms with van der Waals surface area (Å²) in [4.78, 5) is 11.0. The Hall–Kier alpha value is -1.27. The minimum atomic E-state index is -0.344. The minimum Gasteiger partial charge on any atom is -0.469 e. The second-order valence-corrected chi connectivity index (χ2v) is 6.86. The van der Waals surface area contributed by atoms with E-state index in [9.17, 15) is 9.90 Å². The lowest BCUT2D eigenvalue weighted by molar-refractivity contribution is -0.140. The number of unbranched alkanes of at least 4 members (excludes halogenated alkanes) is 3. The molecule has 0 spiro atoms. The first-order valence-electron chi connectivity index (χ1n) is 9.57. The summed E-state index contributed by atoms with van der Waals surface area (Å²) >= 11 is 0. The summed E-state index contributed by atoms with van der Waals surface area (Å²) in [5.74, 6) is 7.80. The molecule has 1 saturated carbocycles. The van der Waals surface area contributed by atoms with Crippen LogP contribution in [0.5, 0.6) is 0 Å². The normalized spacial score (nSPS) is 20.5. The maximum atomic E-state index is 11.0. The zero-order chi connectivity index (χ0) is 17.6. The van der Waals surface area contributed by atoms with Gasteiger partial charge >= 0.3 is 5.97 Å². The van der Waals surface area contributed by atoms with Crippen LogP contribution in [0.25, 0.3) is 0 Å². The van der Waals surface area contributed by atoms with Gasteiger partial charge in [-0.15, -0.1) is 0 Å². The molecule has 0 radical (unpaired) electrons. The molecule has 0 heterocycles. The van der Waals surface area contributed by atoms with Gasteiger partial charge in [0.15, 0.2) is 0 Å². The van der Waals surface area contributed by atoms with Crippen molar-refractivity contribution < 1.29 is 14.6 Å². The van der Waals surface area contributed by atoms with Gasteiger partial charge in [-0.25, -0.2) is 0 Å². The highest BCUT2D eigenvalue weighted by Crippen LogP contribution is 2.45. The molecule has 0 amide bonds. The number of esters is 1. The number of carbonyl (C=O) groups excluding carboxylic acids is 1. The third kappa shape index (κ3) is 10.5. The van der Waals surface area contributed by atoms with Crippen molar-refractivity contribution >= 4 is 5.97 Å². The molecule has 24 heavy (non-hydrogen) atoms. The van der Waals surface area contributed by atoms with Crippen LogP contribution >= 0.6 is 0 Å². The Balaban J connectivity index is 1.98. The predicted octanol–water partition coefficient (Wildman–Crippen LogP) is 4.64. The molecule has 0 aliphatic heterocycles. The van der Waals surface area contributed by atoms with E-state index in [4.69, 9.17) is 0 Å². The minimum absolute atomic E-state index is 0.0962. The Morgan fingerprint density at radius 2 is 2.04 bits per heavy atom. The summed E-state index contributed by atoms with van der Waals surface area (Å²) in [6, 6.07) is 0. The number of aliphatic hydroxyl groups is 1. The van der Waals surface area contributed by atoms with Gasteiger partial charge in [0.05, 0.1) is 13.2 Å². The van der Waals surface area contributed by atoms with Gasteiger partial charge in [-0.1, -0.05) is 50.9 Å². The number of methoxy groups -OCH3 is 1. The first-order valence-corrected chi connectivity index (χ1v) is 9.57. The Morgan fingerprint density at radius 1 is 1.25 bits per heavy atom. The topological polar surface area (TPSA) is 46.5 Å². The van der Waals surface area contributed by atoms with E-state index in [0.29, 0.717) is 6.42 Å². The molecule has 1 aliphatic carbocycles. The molecule has 0 aromatic rings. The van der Waals surface area contributed by atoms with Gasteiger partial charge in [0.1, 0.15) is 0 Å². The van der Waals surface area contributed by atoms with E-state index in [2.05, 4.69) is 23.5 Å². The summed E-state index contributed by atoms with van der Waals surface area (Å²) < 4.78 is 4.64. The molecule has 3 unspecified atom stereocenters. The van der Waals surface area contributed by atoms with Gasteiger partial charge < -0.3 is 9.84 Å². The molecule has 0 aromatic heterocycles. The standard InChI is InChI=1S/C21H34O3/c1-3-4-7-14-20(22)15-9-6-5-8-12-18-17-19(18)13-10-11-16-21(23)24-2/h9,15,18-20,22H,3-4,7-8,10-14,16-17H2,1-2H3/b15-9+. The third-order valence-corrected chi connectivity index (χ3v) is 4.75. The van der Waals surface area contributed by atoms with Gasteiger partial charge in [-0.3, -0.25) is 4.79 Å². The van der Waals surface area contributed by atoms with Gasteiger partial charge in [-0.05, 0) is 49.7 Å². The summed E-state index contributed by atoms with van der Waals surface area (Å²) in [5.41, 5.74) is 0. The Labute approximate surface area is 147 Å². The van der Waals surface area contributed by atoms with Gasteiger partial charge in [-0.2, -0.15) is 0 Å². The van der Waals surface area contributed by atoms with E-state index >= 15 is 0 Å². The van der Waals surface area contributed by atoms with Crippen molar-refractivity contribution in [1.29, 1.82) is 0 Å². The van der Waals surface area contributed by atoms with Gasteiger partial charge in [0.2, 0.25) is 0 Å². The van der Waals surface area contributed by atoms with Crippen LogP contribution in [-0.2, 0) is 9.53 Å². The lowest BCUT2D eigenvalue weighted by Crippen LogP contribution is -2.00. The maximum Gasteiger partial charge on any atom is 0.305 e. The van der Waals surface area contributed by atoms with E-state index in [1.165, 1.54) is 39.2 Å². The van der Waals surface area contributed by atoms with Gasteiger partial charge in [0, 0.05) is 12.8 Å². The van der Waals surface area contributed by atoms with Crippen LogP contribution in [0, 0.1) is 23.7 Å². The molecule has 0 aromatic carbocycles. The number of ether oxygens (including phenoxy) is 1. The van der Waals surface area contributed by atoms with Crippen LogP contribution < -0.4 is 0 Å². The zero-order valence-electron chi connectivity index (χ0n) is 15.4. The summed E-state index contributed by atoms with van der Waals surface area (Å²) in [6.07, 6.45) is 14.9. The second kappa shape index (κ2) is 13.1. The summed E-state index contributed by atoms with van der Waals surface area (Å²) in [6.45, 7) is 2.17. The van der Waals surface area contributed by atoms with Crippen LogP contribution in [0.15, 0.2) is 12.2 Å². The molecule has 1 N–H and O–H groups in total. The molecule has 1 fully saturated rings. The fourth-order valence-corrected chi connectivity index (χ4v) is 3.04. The Morgan fingerprint density at radius 3 is 2.79 bits per heavy atom. The number of rotatable bonds is 12. The van der Waals surface area contributed by atoms with Crippen molar-refractivity contribution in [3.05, 3.63) is 12.2 Å². The Bertz CT molecular complexity index is 430. The molecule has 0 saturated heterocycles. The highest BCUT2D eigenvalue weighted by atomic mass is 16.5. The fraction of sp³-hybridized carbons (Fsp3) is 0.762. The third-order valence-electron chi connectivity index (χ3n) is 4.75. The molecule has 3 heteroatoms. The lowest BCUT2D eigenvalue weighted by atomic mass is 10.1. The molecule has 3 nitrogen and oxygen atoms in total. The van der Waals surface area contributed by atoms with Crippen molar-refractivity contribution in [2.24, 2.45) is 11.8 Å². The first kappa shape index (κ1) is 20.8. The molecule has 1 rings (SSSR count). The van der Waals surface area contributed by atoms with E-state index in [1.54, 1.807) is 6.08 Å². The van der Waals surface area contributed by atoms with E-state index in [-0.39, 0.29) is 12.1 Å². The molecule has 1 aliphatic rings. The van der Waals surface area contributed by atoms with Crippen LogP contribution in [0.1, 0.15) is 77.6 Å². The molecule has 0 bridgehead atoms. The second-order valence-electron chi connectivity index (χ2n) is 6.86. The fourth-order valence-electron chi connectivity index (χ4n) is 3.04. The van der Waals surface area contributed by atoms with Crippen molar-refractivity contribution in [3.8, 4) is 11.8 Å². The van der Waals surface area contributed by atoms with Crippen molar-refractivity contribution in [3.63, 3.8) is 0 Å². The van der Waals surface area contributed by atoms with E-state index in [1.807, 2.05) is 6.08 Å². The average molecular weight is 335 g/mol. The highest BCUT2D eigenvalue weighted by Gasteiger charge is 2.35. The quantitative estimate of drug-likeness (QED) is 0.321. The Kier molecular flexibility index (Phi) is 11.3.